The summed E-state index contributed by atoms with van der Waals surface area (Å²) >= 11 is 0. The largest absolute Gasteiger partial charge is 0.422 e. The highest BCUT2D eigenvalue weighted by atomic mass is 16.4. The Morgan fingerprint density at radius 2 is 2.05 bits per heavy atom. The SMILES string of the molecule is Cc1cc(C(C)C)nc2c1ccc1nc(-c3nnco3)cn12. The van der Waals surface area contributed by atoms with Gasteiger partial charge in [0.25, 0.3) is 5.89 Å². The van der Waals surface area contributed by atoms with Crippen LogP contribution in [0.4, 0.5) is 0 Å². The molecule has 0 unspecified atom stereocenters. The first-order chi connectivity index (χ1) is 10.6. The fourth-order valence-corrected chi connectivity index (χ4v) is 2.60. The Hall–Kier alpha value is -2.76. The molecule has 0 radical (unpaired) electrons. The lowest BCUT2D eigenvalue weighted by molar-refractivity contribution is 0.567. The van der Waals surface area contributed by atoms with E-state index in [1.165, 1.54) is 12.0 Å². The van der Waals surface area contributed by atoms with Crippen molar-refractivity contribution in [2.45, 2.75) is 26.7 Å². The van der Waals surface area contributed by atoms with Crippen LogP contribution in [-0.2, 0) is 0 Å². The van der Waals surface area contributed by atoms with Crippen LogP contribution in [0.15, 0.2) is 35.2 Å². The van der Waals surface area contributed by atoms with E-state index in [4.69, 9.17) is 9.40 Å². The standard InChI is InChI=1S/C16H15N5O/c1-9(2)12-6-10(3)11-4-5-14-18-13(16-20-17-8-22-16)7-21(14)15(11)19-12/h4-9H,1-3H3. The van der Waals surface area contributed by atoms with Gasteiger partial charge in [-0.25, -0.2) is 9.97 Å². The molecule has 0 saturated heterocycles. The molecule has 0 bridgehead atoms. The van der Waals surface area contributed by atoms with Crippen LogP contribution in [0.1, 0.15) is 31.0 Å². The highest BCUT2D eigenvalue weighted by Crippen LogP contribution is 2.25. The Morgan fingerprint density at radius 1 is 1.18 bits per heavy atom. The van der Waals surface area contributed by atoms with Gasteiger partial charge in [-0.05, 0) is 36.6 Å². The summed E-state index contributed by atoms with van der Waals surface area (Å²) in [5.41, 5.74) is 4.65. The number of hydrogen-bond donors (Lipinski definition) is 0. The minimum absolute atomic E-state index is 0.372. The Bertz CT molecular complexity index is 969. The molecule has 0 aliphatic rings. The highest BCUT2D eigenvalue weighted by molar-refractivity contribution is 5.82. The van der Waals surface area contributed by atoms with Gasteiger partial charge in [0.05, 0.1) is 0 Å². The van der Waals surface area contributed by atoms with Gasteiger partial charge in [-0.1, -0.05) is 13.8 Å². The summed E-state index contributed by atoms with van der Waals surface area (Å²) < 4.78 is 7.21. The van der Waals surface area contributed by atoms with Gasteiger partial charge in [0.15, 0.2) is 0 Å². The number of aryl methyl sites for hydroxylation is 1. The summed E-state index contributed by atoms with van der Waals surface area (Å²) in [5.74, 6) is 0.783. The molecule has 6 nitrogen and oxygen atoms in total. The summed E-state index contributed by atoms with van der Waals surface area (Å²) in [7, 11) is 0. The molecule has 0 spiro atoms. The molecule has 0 amide bonds. The Kier molecular flexibility index (Phi) is 2.72. The second-order valence-corrected chi connectivity index (χ2v) is 5.69. The smallest absolute Gasteiger partial charge is 0.267 e. The Balaban J connectivity index is 2.05. The van der Waals surface area contributed by atoms with Gasteiger partial charge in [-0.2, -0.15) is 0 Å². The number of fused-ring (bicyclic) bond motifs is 3. The summed E-state index contributed by atoms with van der Waals surface area (Å²) in [6.45, 7) is 6.40. The molecule has 0 atom stereocenters. The van der Waals surface area contributed by atoms with E-state index in [9.17, 15) is 0 Å². The van der Waals surface area contributed by atoms with E-state index in [1.807, 2.05) is 16.7 Å². The van der Waals surface area contributed by atoms with Crippen LogP contribution in [0.2, 0.25) is 0 Å². The van der Waals surface area contributed by atoms with Gasteiger partial charge in [-0.3, -0.25) is 4.40 Å². The quantitative estimate of drug-likeness (QED) is 0.567. The number of imidazole rings is 1. The maximum Gasteiger partial charge on any atom is 0.267 e. The van der Waals surface area contributed by atoms with Crippen molar-refractivity contribution in [2.75, 3.05) is 0 Å². The predicted octanol–water partition coefficient (Wildman–Crippen LogP) is 3.36. The van der Waals surface area contributed by atoms with Crippen LogP contribution in [-0.4, -0.2) is 24.6 Å². The zero-order valence-electron chi connectivity index (χ0n) is 12.6. The van der Waals surface area contributed by atoms with Gasteiger partial charge < -0.3 is 4.42 Å². The van der Waals surface area contributed by atoms with Crippen LogP contribution in [0, 0.1) is 6.92 Å². The van der Waals surface area contributed by atoms with Crippen molar-refractivity contribution in [1.29, 1.82) is 0 Å². The molecule has 0 aliphatic heterocycles. The van der Waals surface area contributed by atoms with Crippen molar-refractivity contribution in [1.82, 2.24) is 24.6 Å². The zero-order chi connectivity index (χ0) is 15.3. The van der Waals surface area contributed by atoms with Gasteiger partial charge in [0.2, 0.25) is 6.39 Å². The molecule has 0 N–H and O–H groups in total. The van der Waals surface area contributed by atoms with Crippen LogP contribution in [0.5, 0.6) is 0 Å². The number of nitrogens with zero attached hydrogens (tertiary/aromatic N) is 5. The first-order valence-electron chi connectivity index (χ1n) is 7.19. The molecule has 6 heteroatoms. The predicted molar refractivity (Wildman–Crippen MR) is 82.6 cm³/mol. The third-order valence-electron chi connectivity index (χ3n) is 3.80. The van der Waals surface area contributed by atoms with Crippen molar-refractivity contribution in [3.8, 4) is 11.6 Å². The second kappa shape index (κ2) is 4.62. The van der Waals surface area contributed by atoms with Crippen molar-refractivity contribution >= 4 is 16.7 Å². The monoisotopic (exact) mass is 293 g/mol. The average Bonchev–Trinajstić information content (AvgIpc) is 3.15. The maximum absolute atomic E-state index is 5.23. The van der Waals surface area contributed by atoms with E-state index in [1.54, 1.807) is 0 Å². The fraction of sp³-hybridized carbons (Fsp3) is 0.250. The lowest BCUT2D eigenvalue weighted by atomic mass is 10.1. The average molecular weight is 293 g/mol. The molecule has 22 heavy (non-hydrogen) atoms. The highest BCUT2D eigenvalue weighted by Gasteiger charge is 2.13. The zero-order valence-corrected chi connectivity index (χ0v) is 12.6. The Labute approximate surface area is 126 Å². The summed E-state index contributed by atoms with van der Waals surface area (Å²) in [5, 5.41) is 8.73. The Morgan fingerprint density at radius 3 is 2.77 bits per heavy atom. The number of hydrogen-bond acceptors (Lipinski definition) is 5. The topological polar surface area (TPSA) is 69.1 Å². The summed E-state index contributed by atoms with van der Waals surface area (Å²) in [6, 6.07) is 6.18. The minimum Gasteiger partial charge on any atom is -0.422 e. The van der Waals surface area contributed by atoms with Crippen molar-refractivity contribution in [2.24, 2.45) is 0 Å². The van der Waals surface area contributed by atoms with E-state index < -0.39 is 0 Å². The lowest BCUT2D eigenvalue weighted by Crippen LogP contribution is -1.99. The number of rotatable bonds is 2. The molecule has 4 heterocycles. The third kappa shape index (κ3) is 1.88. The first kappa shape index (κ1) is 12.9. The number of aromatic nitrogens is 5. The van der Waals surface area contributed by atoms with Gasteiger partial charge in [0.1, 0.15) is 17.0 Å². The molecule has 110 valence electrons. The molecule has 0 saturated carbocycles. The maximum atomic E-state index is 5.23. The molecule has 0 aromatic carbocycles. The molecular formula is C16H15N5O. The third-order valence-corrected chi connectivity index (χ3v) is 3.80. The summed E-state index contributed by atoms with van der Waals surface area (Å²) in [6.07, 6.45) is 3.19. The van der Waals surface area contributed by atoms with E-state index >= 15 is 0 Å². The molecule has 0 aliphatic carbocycles. The fourth-order valence-electron chi connectivity index (χ4n) is 2.60. The van der Waals surface area contributed by atoms with E-state index in [-0.39, 0.29) is 0 Å². The molecule has 4 rings (SSSR count). The molecule has 4 aromatic rings. The van der Waals surface area contributed by atoms with Crippen LogP contribution in [0.3, 0.4) is 0 Å². The van der Waals surface area contributed by atoms with Crippen LogP contribution in [0.25, 0.3) is 28.3 Å². The van der Waals surface area contributed by atoms with Gasteiger partial charge in [0, 0.05) is 17.3 Å². The van der Waals surface area contributed by atoms with Crippen molar-refractivity contribution in [3.63, 3.8) is 0 Å². The minimum atomic E-state index is 0.372. The second-order valence-electron chi connectivity index (χ2n) is 5.69. The van der Waals surface area contributed by atoms with E-state index in [2.05, 4.69) is 48.1 Å². The normalized spacial score (nSPS) is 11.8. The van der Waals surface area contributed by atoms with Gasteiger partial charge >= 0.3 is 0 Å². The van der Waals surface area contributed by atoms with Crippen LogP contribution >= 0.6 is 0 Å². The lowest BCUT2D eigenvalue weighted by Gasteiger charge is -2.10. The molecular weight excluding hydrogens is 278 g/mol. The van der Waals surface area contributed by atoms with Crippen molar-refractivity contribution < 1.29 is 4.42 Å². The van der Waals surface area contributed by atoms with E-state index in [0.717, 1.165) is 22.4 Å². The van der Waals surface area contributed by atoms with Crippen LogP contribution < -0.4 is 0 Å². The van der Waals surface area contributed by atoms with E-state index in [0.29, 0.717) is 17.5 Å². The van der Waals surface area contributed by atoms with Crippen molar-refractivity contribution in [3.05, 3.63) is 42.0 Å². The van der Waals surface area contributed by atoms with Gasteiger partial charge in [-0.15, -0.1) is 10.2 Å². The summed E-state index contributed by atoms with van der Waals surface area (Å²) in [4.78, 5) is 9.35. The molecule has 4 aromatic heterocycles. The number of pyridine rings is 2. The molecule has 0 fully saturated rings. The first-order valence-corrected chi connectivity index (χ1v) is 7.19.